The lowest BCUT2D eigenvalue weighted by molar-refractivity contribution is 0.140. The number of fused-ring (bicyclic) bond motifs is 1. The molecule has 3 heterocycles. The normalized spacial score (nSPS) is 14.5. The Bertz CT molecular complexity index is 1310. The highest BCUT2D eigenvalue weighted by atomic mass is 16.2. The second-order valence-electron chi connectivity index (χ2n) is 8.75. The van der Waals surface area contributed by atoms with Crippen LogP contribution in [-0.2, 0) is 13.0 Å². The highest BCUT2D eigenvalue weighted by Crippen LogP contribution is 2.22. The van der Waals surface area contributed by atoms with Crippen molar-refractivity contribution < 1.29 is 4.79 Å². The van der Waals surface area contributed by atoms with E-state index in [1.165, 1.54) is 5.56 Å². The molecule has 4 aromatic rings. The Kier molecular flexibility index (Phi) is 6.27. The van der Waals surface area contributed by atoms with E-state index in [9.17, 15) is 4.79 Å². The van der Waals surface area contributed by atoms with Crippen LogP contribution >= 0.6 is 0 Å². The molecule has 1 aliphatic heterocycles. The molecule has 0 atom stereocenters. The molecular weight excluding hydrogens is 424 g/mol. The van der Waals surface area contributed by atoms with Gasteiger partial charge in [-0.15, -0.1) is 0 Å². The molecule has 7 heteroatoms. The standard InChI is InChI=1S/C27H30N6O/c1-3-21-9-4-5-11-23(21)30-27(34)32-16-14-31(15-17-32)19-25-29-24-12-7-13-28-26(24)33(25)22-10-6-8-20(2)18-22/h4-13,18H,3,14-17,19H2,1-2H3,(H,30,34). The van der Waals surface area contributed by atoms with Gasteiger partial charge in [-0.05, 0) is 54.8 Å². The third kappa shape index (κ3) is 4.52. The molecule has 0 saturated carbocycles. The summed E-state index contributed by atoms with van der Waals surface area (Å²) in [4.78, 5) is 26.6. The number of para-hydroxylation sites is 1. The first-order valence-electron chi connectivity index (χ1n) is 11.9. The number of amides is 2. The van der Waals surface area contributed by atoms with E-state index in [0.29, 0.717) is 19.6 Å². The van der Waals surface area contributed by atoms with Gasteiger partial charge in [0.25, 0.3) is 0 Å². The van der Waals surface area contributed by atoms with Crippen molar-refractivity contribution in [3.63, 3.8) is 0 Å². The predicted octanol–water partition coefficient (Wildman–Crippen LogP) is 4.64. The maximum atomic E-state index is 12.9. The molecule has 7 nitrogen and oxygen atoms in total. The van der Waals surface area contributed by atoms with Crippen LogP contribution < -0.4 is 5.32 Å². The maximum absolute atomic E-state index is 12.9. The van der Waals surface area contributed by atoms with Crippen LogP contribution in [0.2, 0.25) is 0 Å². The molecule has 1 saturated heterocycles. The zero-order chi connectivity index (χ0) is 23.5. The third-order valence-corrected chi connectivity index (χ3v) is 6.41. The van der Waals surface area contributed by atoms with E-state index < -0.39 is 0 Å². The quantitative estimate of drug-likeness (QED) is 0.477. The van der Waals surface area contributed by atoms with Gasteiger partial charge < -0.3 is 10.2 Å². The van der Waals surface area contributed by atoms with Gasteiger partial charge in [-0.2, -0.15) is 0 Å². The van der Waals surface area contributed by atoms with Gasteiger partial charge in [-0.3, -0.25) is 9.47 Å². The largest absolute Gasteiger partial charge is 0.322 e. The number of anilines is 1. The van der Waals surface area contributed by atoms with Crippen molar-refractivity contribution in [1.29, 1.82) is 0 Å². The summed E-state index contributed by atoms with van der Waals surface area (Å²) in [7, 11) is 0. The van der Waals surface area contributed by atoms with Crippen molar-refractivity contribution in [3.05, 3.63) is 83.8 Å². The molecule has 174 valence electrons. The second kappa shape index (κ2) is 9.65. The van der Waals surface area contributed by atoms with Crippen molar-refractivity contribution in [2.24, 2.45) is 0 Å². The number of hydrogen-bond acceptors (Lipinski definition) is 4. The van der Waals surface area contributed by atoms with Crippen molar-refractivity contribution in [2.45, 2.75) is 26.8 Å². The summed E-state index contributed by atoms with van der Waals surface area (Å²) in [6, 6.07) is 20.3. The summed E-state index contributed by atoms with van der Waals surface area (Å²) in [5, 5.41) is 3.09. The van der Waals surface area contributed by atoms with Gasteiger partial charge in [0.2, 0.25) is 0 Å². The highest BCUT2D eigenvalue weighted by Gasteiger charge is 2.24. The highest BCUT2D eigenvalue weighted by molar-refractivity contribution is 5.90. The minimum absolute atomic E-state index is 0.0308. The molecule has 1 fully saturated rings. The van der Waals surface area contributed by atoms with E-state index in [4.69, 9.17) is 4.98 Å². The van der Waals surface area contributed by atoms with Crippen LogP contribution in [0.15, 0.2) is 66.9 Å². The molecule has 2 aromatic heterocycles. The fourth-order valence-corrected chi connectivity index (χ4v) is 4.56. The average molecular weight is 455 g/mol. The lowest BCUT2D eigenvalue weighted by Crippen LogP contribution is -2.49. The van der Waals surface area contributed by atoms with E-state index in [2.05, 4.69) is 63.9 Å². The first kappa shape index (κ1) is 22.1. The van der Waals surface area contributed by atoms with Crippen molar-refractivity contribution in [2.75, 3.05) is 31.5 Å². The minimum Gasteiger partial charge on any atom is -0.322 e. The van der Waals surface area contributed by atoms with E-state index in [1.807, 2.05) is 41.4 Å². The molecule has 0 aliphatic carbocycles. The van der Waals surface area contributed by atoms with E-state index in [1.54, 1.807) is 0 Å². The van der Waals surface area contributed by atoms with Gasteiger partial charge in [-0.25, -0.2) is 14.8 Å². The monoisotopic (exact) mass is 454 g/mol. The first-order chi connectivity index (χ1) is 16.6. The summed E-state index contributed by atoms with van der Waals surface area (Å²) in [6.45, 7) is 7.87. The molecule has 1 N–H and O–H groups in total. The molecule has 0 spiro atoms. The summed E-state index contributed by atoms with van der Waals surface area (Å²) >= 11 is 0. The van der Waals surface area contributed by atoms with Gasteiger partial charge in [0.1, 0.15) is 11.3 Å². The number of piperazine rings is 1. The lowest BCUT2D eigenvalue weighted by atomic mass is 10.1. The molecule has 0 radical (unpaired) electrons. The number of hydrogen-bond donors (Lipinski definition) is 1. The number of nitrogens with zero attached hydrogens (tertiary/aromatic N) is 5. The molecular formula is C27H30N6O. The number of aryl methyl sites for hydroxylation is 2. The molecule has 5 rings (SSSR count). The molecule has 0 unspecified atom stereocenters. The molecule has 2 amide bonds. The summed E-state index contributed by atoms with van der Waals surface area (Å²) in [6.07, 6.45) is 2.70. The average Bonchev–Trinajstić information content (AvgIpc) is 3.22. The fraction of sp³-hybridized carbons (Fsp3) is 0.296. The number of imidazole rings is 1. The summed E-state index contributed by atoms with van der Waals surface area (Å²) in [5.41, 5.74) is 6.09. The topological polar surface area (TPSA) is 66.3 Å². The van der Waals surface area contributed by atoms with Gasteiger partial charge in [0, 0.05) is 43.8 Å². The number of carbonyl (C=O) groups is 1. The number of benzene rings is 2. The Labute approximate surface area is 200 Å². The van der Waals surface area contributed by atoms with Crippen molar-refractivity contribution >= 4 is 22.9 Å². The van der Waals surface area contributed by atoms with Crippen LogP contribution in [0, 0.1) is 6.92 Å². The van der Waals surface area contributed by atoms with Crippen LogP contribution in [0.4, 0.5) is 10.5 Å². The second-order valence-corrected chi connectivity index (χ2v) is 8.75. The number of urea groups is 1. The van der Waals surface area contributed by atoms with E-state index in [0.717, 1.165) is 53.4 Å². The van der Waals surface area contributed by atoms with E-state index in [-0.39, 0.29) is 6.03 Å². The van der Waals surface area contributed by atoms with Gasteiger partial charge in [0.05, 0.1) is 6.54 Å². The molecule has 34 heavy (non-hydrogen) atoms. The third-order valence-electron chi connectivity index (χ3n) is 6.41. The number of carbonyl (C=O) groups excluding carboxylic acids is 1. The van der Waals surface area contributed by atoms with Crippen molar-refractivity contribution in [1.82, 2.24) is 24.3 Å². The number of pyridine rings is 1. The Morgan fingerprint density at radius 2 is 1.82 bits per heavy atom. The molecule has 1 aliphatic rings. The van der Waals surface area contributed by atoms with Crippen LogP contribution in [0.1, 0.15) is 23.9 Å². The summed E-state index contributed by atoms with van der Waals surface area (Å²) in [5.74, 6) is 0.967. The summed E-state index contributed by atoms with van der Waals surface area (Å²) < 4.78 is 2.16. The SMILES string of the molecule is CCc1ccccc1NC(=O)N1CCN(Cc2nc3cccnc3n2-c2cccc(C)c2)CC1. The van der Waals surface area contributed by atoms with Crippen LogP contribution in [0.25, 0.3) is 16.9 Å². The number of nitrogens with one attached hydrogen (secondary N) is 1. The lowest BCUT2D eigenvalue weighted by Gasteiger charge is -2.34. The van der Waals surface area contributed by atoms with E-state index >= 15 is 0 Å². The molecule has 0 bridgehead atoms. The fourth-order valence-electron chi connectivity index (χ4n) is 4.56. The first-order valence-corrected chi connectivity index (χ1v) is 11.9. The maximum Gasteiger partial charge on any atom is 0.321 e. The zero-order valence-electron chi connectivity index (χ0n) is 19.7. The van der Waals surface area contributed by atoms with Crippen molar-refractivity contribution in [3.8, 4) is 5.69 Å². The van der Waals surface area contributed by atoms with Crippen LogP contribution in [0.5, 0.6) is 0 Å². The Morgan fingerprint density at radius 3 is 2.62 bits per heavy atom. The number of aromatic nitrogens is 3. The van der Waals surface area contributed by atoms with Gasteiger partial charge >= 0.3 is 6.03 Å². The predicted molar refractivity (Wildman–Crippen MR) is 135 cm³/mol. The Hall–Kier alpha value is -3.71. The molecule has 2 aromatic carbocycles. The Morgan fingerprint density at radius 1 is 1.00 bits per heavy atom. The Balaban J connectivity index is 1.29. The minimum atomic E-state index is -0.0308. The van der Waals surface area contributed by atoms with Gasteiger partial charge in [0.15, 0.2) is 5.65 Å². The zero-order valence-corrected chi connectivity index (χ0v) is 19.7. The van der Waals surface area contributed by atoms with Gasteiger partial charge in [-0.1, -0.05) is 37.3 Å². The van der Waals surface area contributed by atoms with Crippen LogP contribution in [0.3, 0.4) is 0 Å². The van der Waals surface area contributed by atoms with Crippen LogP contribution in [-0.4, -0.2) is 56.5 Å². The smallest absolute Gasteiger partial charge is 0.321 e. The number of rotatable bonds is 5.